The van der Waals surface area contributed by atoms with Gasteiger partial charge in [0.15, 0.2) is 5.76 Å². The summed E-state index contributed by atoms with van der Waals surface area (Å²) in [6.07, 6.45) is 1.97. The van der Waals surface area contributed by atoms with Gasteiger partial charge in [-0.15, -0.1) is 0 Å². The molecule has 3 nitrogen and oxygen atoms in total. The van der Waals surface area contributed by atoms with Crippen molar-refractivity contribution in [2.24, 2.45) is 0 Å². The van der Waals surface area contributed by atoms with Gasteiger partial charge in [-0.05, 0) is 30.7 Å². The van der Waals surface area contributed by atoms with Crippen LogP contribution >= 0.6 is 0 Å². The number of hydrogen-bond acceptors (Lipinski definition) is 3. The summed E-state index contributed by atoms with van der Waals surface area (Å²) in [5.74, 6) is 0.652. The van der Waals surface area contributed by atoms with Crippen LogP contribution in [0.1, 0.15) is 12.2 Å². The molecule has 2 heterocycles. The summed E-state index contributed by atoms with van der Waals surface area (Å²) in [6.45, 7) is 0.933. The topological polar surface area (TPSA) is 38.1 Å². The maximum absolute atomic E-state index is 12.8. The van der Waals surface area contributed by atoms with Crippen LogP contribution in [0.4, 0.5) is 10.1 Å². The van der Waals surface area contributed by atoms with Crippen LogP contribution in [0.25, 0.3) is 11.3 Å². The third-order valence-electron chi connectivity index (χ3n) is 2.76. The monoisotopic (exact) mass is 218 g/mol. The van der Waals surface area contributed by atoms with E-state index in [2.05, 4.69) is 10.5 Å². The number of nitrogens with zero attached hydrogens (tertiary/aromatic N) is 1. The zero-order valence-corrected chi connectivity index (χ0v) is 8.66. The van der Waals surface area contributed by atoms with Crippen molar-refractivity contribution in [3.05, 3.63) is 35.8 Å². The second-order valence-electron chi connectivity index (χ2n) is 3.87. The third-order valence-corrected chi connectivity index (χ3v) is 2.76. The van der Waals surface area contributed by atoms with Crippen LogP contribution in [0.3, 0.4) is 0 Å². The van der Waals surface area contributed by atoms with E-state index < -0.39 is 0 Å². The first-order valence-corrected chi connectivity index (χ1v) is 5.33. The lowest BCUT2D eigenvalue weighted by Crippen LogP contribution is -2.10. The second kappa shape index (κ2) is 3.63. The van der Waals surface area contributed by atoms with Crippen LogP contribution in [0, 0.1) is 5.82 Å². The van der Waals surface area contributed by atoms with Crippen molar-refractivity contribution < 1.29 is 8.91 Å². The molecule has 0 aliphatic carbocycles. The Hall–Kier alpha value is -1.84. The normalized spacial score (nSPS) is 14.3. The van der Waals surface area contributed by atoms with Crippen molar-refractivity contribution in [1.29, 1.82) is 0 Å². The maximum Gasteiger partial charge on any atom is 0.160 e. The Balaban J connectivity index is 2.06. The smallest absolute Gasteiger partial charge is 0.160 e. The highest BCUT2D eigenvalue weighted by atomic mass is 19.1. The van der Waals surface area contributed by atoms with Crippen molar-refractivity contribution in [3.8, 4) is 11.3 Å². The van der Waals surface area contributed by atoms with Gasteiger partial charge < -0.3 is 9.84 Å². The fourth-order valence-electron chi connectivity index (χ4n) is 1.94. The van der Waals surface area contributed by atoms with Crippen LogP contribution in [0.2, 0.25) is 0 Å². The van der Waals surface area contributed by atoms with E-state index >= 15 is 0 Å². The SMILES string of the molecule is Fc1ccc(-c2noc3c2NCCC3)cc1. The Morgan fingerprint density at radius 1 is 1.25 bits per heavy atom. The molecule has 1 aliphatic rings. The molecule has 0 unspecified atom stereocenters. The number of fused-ring (bicyclic) bond motifs is 1. The van der Waals surface area contributed by atoms with E-state index in [9.17, 15) is 4.39 Å². The molecule has 0 radical (unpaired) electrons. The van der Waals surface area contributed by atoms with E-state index in [1.54, 1.807) is 12.1 Å². The first-order chi connectivity index (χ1) is 7.84. The molecule has 82 valence electrons. The molecule has 2 aromatic rings. The van der Waals surface area contributed by atoms with Gasteiger partial charge in [0, 0.05) is 18.5 Å². The predicted molar refractivity (Wildman–Crippen MR) is 58.7 cm³/mol. The van der Waals surface area contributed by atoms with Crippen molar-refractivity contribution in [3.63, 3.8) is 0 Å². The number of nitrogens with one attached hydrogen (secondary N) is 1. The number of rotatable bonds is 1. The van der Waals surface area contributed by atoms with Crippen molar-refractivity contribution in [2.45, 2.75) is 12.8 Å². The molecule has 0 saturated heterocycles. The molecule has 1 N–H and O–H groups in total. The largest absolute Gasteiger partial charge is 0.380 e. The summed E-state index contributed by atoms with van der Waals surface area (Å²) in [5, 5.41) is 7.31. The molecule has 1 aliphatic heterocycles. The highest BCUT2D eigenvalue weighted by Gasteiger charge is 2.19. The average Bonchev–Trinajstić information content (AvgIpc) is 2.74. The predicted octanol–water partition coefficient (Wildman–Crippen LogP) is 2.84. The summed E-state index contributed by atoms with van der Waals surface area (Å²) >= 11 is 0. The number of aromatic nitrogens is 1. The molecule has 0 saturated carbocycles. The molecule has 0 spiro atoms. The van der Waals surface area contributed by atoms with Gasteiger partial charge in [-0.25, -0.2) is 4.39 Å². The molecule has 0 fully saturated rings. The minimum absolute atomic E-state index is 0.242. The van der Waals surface area contributed by atoms with Gasteiger partial charge in [0.1, 0.15) is 17.2 Å². The quantitative estimate of drug-likeness (QED) is 0.799. The molecule has 0 bridgehead atoms. The van der Waals surface area contributed by atoms with Gasteiger partial charge in [-0.2, -0.15) is 0 Å². The average molecular weight is 218 g/mol. The second-order valence-corrected chi connectivity index (χ2v) is 3.87. The Morgan fingerprint density at radius 3 is 2.88 bits per heavy atom. The molecule has 0 amide bonds. The zero-order valence-electron chi connectivity index (χ0n) is 8.66. The highest BCUT2D eigenvalue weighted by Crippen LogP contribution is 2.33. The highest BCUT2D eigenvalue weighted by molar-refractivity contribution is 5.75. The van der Waals surface area contributed by atoms with E-state index in [-0.39, 0.29) is 5.82 Å². The number of hydrogen-bond donors (Lipinski definition) is 1. The molecule has 1 aromatic heterocycles. The van der Waals surface area contributed by atoms with Crippen molar-refractivity contribution in [1.82, 2.24) is 5.16 Å². The fourth-order valence-corrected chi connectivity index (χ4v) is 1.94. The molecule has 0 atom stereocenters. The lowest BCUT2D eigenvalue weighted by molar-refractivity contribution is 0.382. The van der Waals surface area contributed by atoms with E-state index in [0.717, 1.165) is 42.1 Å². The molecular weight excluding hydrogens is 207 g/mol. The van der Waals surface area contributed by atoms with Gasteiger partial charge in [-0.1, -0.05) is 5.16 Å². The minimum Gasteiger partial charge on any atom is -0.380 e. The van der Waals surface area contributed by atoms with Crippen LogP contribution < -0.4 is 5.32 Å². The van der Waals surface area contributed by atoms with Crippen LogP contribution in [0.5, 0.6) is 0 Å². The van der Waals surface area contributed by atoms with Crippen LogP contribution in [-0.4, -0.2) is 11.7 Å². The van der Waals surface area contributed by atoms with Gasteiger partial charge >= 0.3 is 0 Å². The number of benzene rings is 1. The standard InChI is InChI=1S/C12H11FN2O/c13-9-5-3-8(4-6-9)11-12-10(16-15-11)2-1-7-14-12/h3-6,14H,1-2,7H2. The van der Waals surface area contributed by atoms with Gasteiger partial charge in [-0.3, -0.25) is 0 Å². The summed E-state index contributed by atoms with van der Waals surface area (Å²) in [7, 11) is 0. The first-order valence-electron chi connectivity index (χ1n) is 5.33. The number of halogens is 1. The van der Waals surface area contributed by atoms with Gasteiger partial charge in [0.25, 0.3) is 0 Å². The summed E-state index contributed by atoms with van der Waals surface area (Å²) in [4.78, 5) is 0. The van der Waals surface area contributed by atoms with Crippen LogP contribution in [-0.2, 0) is 6.42 Å². The Bertz CT molecular complexity index is 504. The molecule has 3 rings (SSSR count). The lowest BCUT2D eigenvalue weighted by atomic mass is 10.1. The molecule has 4 heteroatoms. The zero-order chi connectivity index (χ0) is 11.0. The summed E-state index contributed by atoms with van der Waals surface area (Å²) in [5.41, 5.74) is 2.60. The molecular formula is C12H11FN2O. The third kappa shape index (κ3) is 1.46. The van der Waals surface area contributed by atoms with E-state index in [4.69, 9.17) is 4.52 Å². The van der Waals surface area contributed by atoms with Gasteiger partial charge in [0.05, 0.1) is 0 Å². The van der Waals surface area contributed by atoms with E-state index in [0.29, 0.717) is 0 Å². The Morgan fingerprint density at radius 2 is 2.06 bits per heavy atom. The number of aryl methyl sites for hydroxylation is 1. The first kappa shape index (κ1) is 9.39. The maximum atomic E-state index is 12.8. The fraction of sp³-hybridized carbons (Fsp3) is 0.250. The van der Waals surface area contributed by atoms with Gasteiger partial charge in [0.2, 0.25) is 0 Å². The van der Waals surface area contributed by atoms with Crippen molar-refractivity contribution >= 4 is 5.69 Å². The van der Waals surface area contributed by atoms with Crippen LogP contribution in [0.15, 0.2) is 28.8 Å². The molecule has 16 heavy (non-hydrogen) atoms. The summed E-state index contributed by atoms with van der Waals surface area (Å²) in [6, 6.07) is 6.28. The van der Waals surface area contributed by atoms with Crippen molar-refractivity contribution in [2.75, 3.05) is 11.9 Å². The van der Waals surface area contributed by atoms with E-state index in [1.165, 1.54) is 12.1 Å². The minimum atomic E-state index is -0.242. The summed E-state index contributed by atoms with van der Waals surface area (Å²) < 4.78 is 18.1. The van der Waals surface area contributed by atoms with E-state index in [1.807, 2.05) is 0 Å². The molecule has 1 aromatic carbocycles. The Labute approximate surface area is 92.3 Å². The lowest BCUT2D eigenvalue weighted by Gasteiger charge is -2.12. The Kier molecular flexibility index (Phi) is 2.13. The number of anilines is 1.